The number of guanidine groups is 1. The third kappa shape index (κ3) is 6.53. The molecule has 0 aromatic rings. The van der Waals surface area contributed by atoms with Gasteiger partial charge in [-0.1, -0.05) is 27.7 Å². The lowest BCUT2D eigenvalue weighted by atomic mass is 9.43. The molecule has 3 amide bonds. The van der Waals surface area contributed by atoms with Crippen LogP contribution >= 0.6 is 0 Å². The fraction of sp³-hybridized carbons (Fsp3) is 0.862. The lowest BCUT2D eigenvalue weighted by Crippen LogP contribution is -2.65. The van der Waals surface area contributed by atoms with E-state index in [1.54, 1.807) is 11.9 Å². The first kappa shape index (κ1) is 31.6. The molecule has 230 valence electrons. The van der Waals surface area contributed by atoms with Gasteiger partial charge in [-0.3, -0.25) is 19.4 Å². The Kier molecular flexibility index (Phi) is 9.63. The van der Waals surface area contributed by atoms with Gasteiger partial charge in [-0.25, -0.2) is 0 Å². The summed E-state index contributed by atoms with van der Waals surface area (Å²) in [5.74, 6) is 0.618. The summed E-state index contributed by atoms with van der Waals surface area (Å²) in [5.41, 5.74) is 5.61. The molecule has 3 saturated carbocycles. The van der Waals surface area contributed by atoms with Crippen LogP contribution in [0.25, 0.3) is 0 Å². The molecule has 0 aromatic heterocycles. The number of hydrogen-bond donors (Lipinski definition) is 4. The molecular formula is C29H51BN6O5. The molecule has 11 nitrogen and oxygen atoms in total. The van der Waals surface area contributed by atoms with E-state index in [9.17, 15) is 14.4 Å². The molecule has 5 aliphatic rings. The first-order valence-electron chi connectivity index (χ1n) is 15.4. The average Bonchev–Trinajstić information content (AvgIpc) is 3.54. The summed E-state index contributed by atoms with van der Waals surface area (Å²) in [6.07, 6.45) is 5.16. The molecule has 0 unspecified atom stereocenters. The van der Waals surface area contributed by atoms with E-state index >= 15 is 0 Å². The summed E-state index contributed by atoms with van der Waals surface area (Å²) in [5, 5.41) is 9.17. The highest BCUT2D eigenvalue weighted by Crippen LogP contribution is 2.65. The molecule has 0 spiro atoms. The maximum absolute atomic E-state index is 13.8. The number of rotatable bonds is 11. The fourth-order valence-corrected chi connectivity index (χ4v) is 7.65. The Morgan fingerprint density at radius 2 is 1.90 bits per heavy atom. The van der Waals surface area contributed by atoms with Crippen LogP contribution in [0.5, 0.6) is 0 Å². The number of nitrogens with two attached hydrogens (primary N) is 1. The summed E-state index contributed by atoms with van der Waals surface area (Å²) in [4.78, 5) is 44.7. The van der Waals surface area contributed by atoms with E-state index in [0.29, 0.717) is 62.5 Å². The van der Waals surface area contributed by atoms with Gasteiger partial charge in [-0.15, -0.1) is 0 Å². The van der Waals surface area contributed by atoms with Crippen molar-refractivity contribution in [2.45, 2.75) is 116 Å². The van der Waals surface area contributed by atoms with Crippen LogP contribution in [0, 0.1) is 23.2 Å². The molecule has 3 aliphatic carbocycles. The topological polar surface area (TPSA) is 147 Å². The van der Waals surface area contributed by atoms with Gasteiger partial charge in [0.15, 0.2) is 5.96 Å². The molecule has 5 rings (SSSR count). The lowest BCUT2D eigenvalue weighted by molar-refractivity contribution is -0.199. The number of carbonyl (C=O) groups is 3. The van der Waals surface area contributed by atoms with Crippen LogP contribution in [0.2, 0.25) is 0 Å². The predicted octanol–water partition coefficient (Wildman–Crippen LogP) is 1.59. The van der Waals surface area contributed by atoms with Gasteiger partial charge in [-0.2, -0.15) is 0 Å². The maximum atomic E-state index is 13.8. The third-order valence-electron chi connectivity index (χ3n) is 10.2. The van der Waals surface area contributed by atoms with E-state index in [2.05, 4.69) is 55.6 Å². The fourth-order valence-electron chi connectivity index (χ4n) is 7.65. The van der Waals surface area contributed by atoms with Gasteiger partial charge >= 0.3 is 7.12 Å². The molecule has 2 heterocycles. The van der Waals surface area contributed by atoms with Crippen LogP contribution in [-0.2, 0) is 23.7 Å². The van der Waals surface area contributed by atoms with E-state index in [1.165, 1.54) is 6.92 Å². The number of hydrogen-bond acceptors (Lipinski definition) is 6. The van der Waals surface area contributed by atoms with Crippen molar-refractivity contribution in [1.29, 1.82) is 0 Å². The quantitative estimate of drug-likeness (QED) is 0.127. The highest BCUT2D eigenvalue weighted by atomic mass is 16.7. The number of amides is 3. The van der Waals surface area contributed by atoms with Crippen LogP contribution < -0.4 is 21.7 Å². The van der Waals surface area contributed by atoms with Gasteiger partial charge in [0.25, 0.3) is 0 Å². The first-order chi connectivity index (χ1) is 19.3. The molecule has 2 aliphatic heterocycles. The number of carbonyl (C=O) groups excluding carboxylic acids is 3. The van der Waals surface area contributed by atoms with Crippen LogP contribution in [-0.4, -0.2) is 85.6 Å². The van der Waals surface area contributed by atoms with Crippen molar-refractivity contribution in [2.24, 2.45) is 33.9 Å². The summed E-state index contributed by atoms with van der Waals surface area (Å²) < 4.78 is 13.3. The molecule has 0 radical (unpaired) electrons. The highest BCUT2D eigenvalue weighted by molar-refractivity contribution is 6.48. The Bertz CT molecular complexity index is 1020. The minimum absolute atomic E-state index is 0.0167. The van der Waals surface area contributed by atoms with E-state index in [-0.39, 0.29) is 40.8 Å². The Morgan fingerprint density at radius 3 is 2.54 bits per heavy atom. The largest absolute Gasteiger partial charge is 0.481 e. The van der Waals surface area contributed by atoms with E-state index in [4.69, 9.17) is 15.0 Å². The zero-order valence-corrected chi connectivity index (χ0v) is 26.0. The average molecular weight is 575 g/mol. The second-order valence-electron chi connectivity index (χ2n) is 13.7. The smallest absolute Gasteiger partial charge is 0.404 e. The van der Waals surface area contributed by atoms with Gasteiger partial charge in [-0.05, 0) is 75.0 Å². The van der Waals surface area contributed by atoms with Gasteiger partial charge in [0.2, 0.25) is 17.7 Å². The summed E-state index contributed by atoms with van der Waals surface area (Å²) >= 11 is 0. The van der Waals surface area contributed by atoms with Crippen molar-refractivity contribution < 1.29 is 23.7 Å². The Labute approximate surface area is 245 Å². The maximum Gasteiger partial charge on any atom is 0.481 e. The van der Waals surface area contributed by atoms with Gasteiger partial charge in [0.1, 0.15) is 12.1 Å². The molecule has 0 aromatic carbocycles. The van der Waals surface area contributed by atoms with Crippen LogP contribution in [0.15, 0.2) is 4.99 Å². The van der Waals surface area contributed by atoms with Gasteiger partial charge < -0.3 is 35.9 Å². The van der Waals surface area contributed by atoms with E-state index < -0.39 is 19.2 Å². The van der Waals surface area contributed by atoms with E-state index in [1.807, 2.05) is 0 Å². The monoisotopic (exact) mass is 574 g/mol. The molecular weight excluding hydrogens is 523 g/mol. The second-order valence-corrected chi connectivity index (χ2v) is 13.7. The summed E-state index contributed by atoms with van der Waals surface area (Å²) in [6.45, 7) is 13.6. The zero-order chi connectivity index (χ0) is 30.1. The van der Waals surface area contributed by atoms with Crippen molar-refractivity contribution in [3.8, 4) is 0 Å². The molecule has 7 atom stereocenters. The molecule has 41 heavy (non-hydrogen) atoms. The van der Waals surface area contributed by atoms with Crippen molar-refractivity contribution in [3.05, 3.63) is 0 Å². The minimum Gasteiger partial charge on any atom is -0.404 e. The van der Waals surface area contributed by atoms with Crippen LogP contribution in [0.3, 0.4) is 0 Å². The van der Waals surface area contributed by atoms with Crippen LogP contribution in [0.4, 0.5) is 0 Å². The number of aliphatic imine (C=N–C) groups is 1. The molecule has 2 bridgehead atoms. The SMILES string of the molecule is CN=C(N)NCCC[C@H](NC(=O)[C@@H]1CCCN1C(C)=O)C(=O)N[C@@H](CC(C)C)B1O[C@@H]2C[C@@H]3C[C@@H](C3(C)C)[C@]2(C)O1. The van der Waals surface area contributed by atoms with Crippen molar-refractivity contribution in [2.75, 3.05) is 20.1 Å². The normalized spacial score (nSPS) is 31.8. The Morgan fingerprint density at radius 1 is 1.17 bits per heavy atom. The number of nitrogens with one attached hydrogen (secondary N) is 3. The van der Waals surface area contributed by atoms with E-state index in [0.717, 1.165) is 19.3 Å². The first-order valence-corrected chi connectivity index (χ1v) is 15.4. The summed E-state index contributed by atoms with van der Waals surface area (Å²) in [7, 11) is 1.05. The van der Waals surface area contributed by atoms with Crippen molar-refractivity contribution >= 4 is 30.8 Å². The summed E-state index contributed by atoms with van der Waals surface area (Å²) in [6, 6.07) is -1.34. The standard InChI is InChI=1S/C29H51BN6O5/c1-17(2)14-24(30-40-23-16-19-15-22(28(19,4)5)29(23,6)41-30)35-25(38)20(10-8-12-33-27(31)32-7)34-26(39)21-11-9-13-36(21)18(3)37/h17,19-24H,8-16H2,1-7H3,(H,34,39)(H,35,38)(H3,31,32,33)/t19-,20-,21-,22-,23+,24-,29-/m0/s1. The third-order valence-corrected chi connectivity index (χ3v) is 10.2. The van der Waals surface area contributed by atoms with Gasteiger partial charge in [0, 0.05) is 27.1 Å². The zero-order valence-electron chi connectivity index (χ0n) is 26.0. The minimum atomic E-state index is -0.779. The molecule has 12 heteroatoms. The van der Waals surface area contributed by atoms with Gasteiger partial charge in [0.05, 0.1) is 17.6 Å². The Hall–Kier alpha value is -2.34. The highest BCUT2D eigenvalue weighted by Gasteiger charge is 2.68. The molecule has 2 saturated heterocycles. The van der Waals surface area contributed by atoms with Crippen LogP contribution in [0.1, 0.15) is 86.5 Å². The lowest BCUT2D eigenvalue weighted by Gasteiger charge is -2.64. The predicted molar refractivity (Wildman–Crippen MR) is 159 cm³/mol. The molecule has 5 N–H and O–H groups in total. The Balaban J connectivity index is 1.46. The van der Waals surface area contributed by atoms with Crippen molar-refractivity contribution in [1.82, 2.24) is 20.9 Å². The number of nitrogens with zero attached hydrogens (tertiary/aromatic N) is 2. The van der Waals surface area contributed by atoms with Crippen molar-refractivity contribution in [3.63, 3.8) is 0 Å². The second kappa shape index (κ2) is 12.5. The molecule has 5 fully saturated rings. The number of likely N-dealkylation sites (tertiary alicyclic amines) is 1.